The summed E-state index contributed by atoms with van der Waals surface area (Å²) >= 11 is 0. The van der Waals surface area contributed by atoms with Crippen molar-refractivity contribution in [2.24, 2.45) is 0 Å². The third kappa shape index (κ3) is 3.46. The summed E-state index contributed by atoms with van der Waals surface area (Å²) in [7, 11) is 0. The van der Waals surface area contributed by atoms with Gasteiger partial charge in [-0.1, -0.05) is 31.2 Å². The fourth-order valence-electron chi connectivity index (χ4n) is 3.30. The van der Waals surface area contributed by atoms with E-state index in [9.17, 15) is 4.79 Å². The minimum atomic E-state index is -0.562. The lowest BCUT2D eigenvalue weighted by Crippen LogP contribution is -2.32. The zero-order chi connectivity index (χ0) is 19.7. The van der Waals surface area contributed by atoms with Crippen molar-refractivity contribution in [3.8, 4) is 5.75 Å². The molecule has 0 aliphatic heterocycles. The minimum absolute atomic E-state index is 0.170. The van der Waals surface area contributed by atoms with E-state index in [0.717, 1.165) is 27.5 Å². The van der Waals surface area contributed by atoms with E-state index in [1.807, 2.05) is 74.5 Å². The molecule has 142 valence electrons. The van der Waals surface area contributed by atoms with Crippen molar-refractivity contribution in [3.05, 3.63) is 71.8 Å². The van der Waals surface area contributed by atoms with Crippen LogP contribution in [-0.4, -0.2) is 12.0 Å². The first-order chi connectivity index (χ1) is 13.5. The van der Waals surface area contributed by atoms with Crippen molar-refractivity contribution >= 4 is 33.5 Å². The molecule has 0 radical (unpaired) electrons. The van der Waals surface area contributed by atoms with Crippen LogP contribution in [0.5, 0.6) is 5.75 Å². The Morgan fingerprint density at radius 2 is 1.75 bits per heavy atom. The monoisotopic (exact) mass is 373 g/mol. The molecule has 0 fully saturated rings. The zero-order valence-electron chi connectivity index (χ0n) is 16.3. The van der Waals surface area contributed by atoms with Crippen LogP contribution >= 0.6 is 0 Å². The number of aryl methyl sites for hydroxylation is 2. The number of rotatable bonds is 5. The van der Waals surface area contributed by atoms with Crippen LogP contribution in [0.15, 0.2) is 65.1 Å². The first-order valence-corrected chi connectivity index (χ1v) is 9.51. The minimum Gasteiger partial charge on any atom is -0.481 e. The van der Waals surface area contributed by atoms with Crippen molar-refractivity contribution in [1.29, 1.82) is 0 Å². The SMILES string of the molecule is CCC(Oc1ccc(C)c(C)c1)C(=O)Nc1ccc2c(c1)oc1ccccc12. The van der Waals surface area contributed by atoms with Crippen LogP contribution in [0.3, 0.4) is 0 Å². The molecular weight excluding hydrogens is 350 g/mol. The van der Waals surface area contributed by atoms with Crippen molar-refractivity contribution in [1.82, 2.24) is 0 Å². The second-order valence-electron chi connectivity index (χ2n) is 7.06. The molecule has 0 saturated carbocycles. The molecule has 4 aromatic rings. The van der Waals surface area contributed by atoms with Gasteiger partial charge in [0.15, 0.2) is 6.10 Å². The van der Waals surface area contributed by atoms with Gasteiger partial charge in [-0.15, -0.1) is 0 Å². The van der Waals surface area contributed by atoms with Gasteiger partial charge >= 0.3 is 0 Å². The van der Waals surface area contributed by atoms with E-state index in [-0.39, 0.29) is 5.91 Å². The molecule has 1 atom stereocenters. The number of carbonyl (C=O) groups is 1. The topological polar surface area (TPSA) is 51.5 Å². The van der Waals surface area contributed by atoms with Gasteiger partial charge in [-0.25, -0.2) is 0 Å². The lowest BCUT2D eigenvalue weighted by molar-refractivity contribution is -0.122. The Balaban J connectivity index is 1.53. The fraction of sp³-hybridized carbons (Fsp3) is 0.208. The Kier molecular flexibility index (Phi) is 4.78. The van der Waals surface area contributed by atoms with Gasteiger partial charge in [-0.3, -0.25) is 4.79 Å². The summed E-state index contributed by atoms with van der Waals surface area (Å²) in [6.07, 6.45) is 0.0134. The van der Waals surface area contributed by atoms with Crippen LogP contribution in [0.1, 0.15) is 24.5 Å². The summed E-state index contributed by atoms with van der Waals surface area (Å²) in [6.45, 7) is 6.02. The van der Waals surface area contributed by atoms with Gasteiger partial charge in [0.05, 0.1) is 0 Å². The predicted molar refractivity (Wildman–Crippen MR) is 113 cm³/mol. The van der Waals surface area contributed by atoms with Gasteiger partial charge < -0.3 is 14.5 Å². The molecule has 4 nitrogen and oxygen atoms in total. The first-order valence-electron chi connectivity index (χ1n) is 9.51. The lowest BCUT2D eigenvalue weighted by atomic mass is 10.1. The van der Waals surface area contributed by atoms with Crippen LogP contribution in [-0.2, 0) is 4.79 Å². The molecule has 0 aliphatic carbocycles. The largest absolute Gasteiger partial charge is 0.481 e. The molecule has 0 spiro atoms. The Bertz CT molecular complexity index is 1160. The number of amides is 1. The lowest BCUT2D eigenvalue weighted by Gasteiger charge is -2.18. The Hall–Kier alpha value is -3.27. The molecule has 4 rings (SSSR count). The first kappa shape index (κ1) is 18.1. The van der Waals surface area contributed by atoms with Crippen molar-refractivity contribution in [2.75, 3.05) is 5.32 Å². The fourth-order valence-corrected chi connectivity index (χ4v) is 3.30. The average molecular weight is 373 g/mol. The molecule has 0 bridgehead atoms. The average Bonchev–Trinajstić information content (AvgIpc) is 3.06. The normalized spacial score (nSPS) is 12.2. The summed E-state index contributed by atoms with van der Waals surface area (Å²) in [5.74, 6) is 0.536. The van der Waals surface area contributed by atoms with Crippen LogP contribution in [0.2, 0.25) is 0 Å². The smallest absolute Gasteiger partial charge is 0.265 e. The molecule has 1 aromatic heterocycles. The van der Waals surface area contributed by atoms with Gasteiger partial charge in [-0.05, 0) is 61.7 Å². The maximum atomic E-state index is 12.7. The predicted octanol–water partition coefficient (Wildman–Crippen LogP) is 6.00. The molecule has 1 unspecified atom stereocenters. The Morgan fingerprint density at radius 3 is 2.54 bits per heavy atom. The highest BCUT2D eigenvalue weighted by Crippen LogP contribution is 2.30. The van der Waals surface area contributed by atoms with E-state index >= 15 is 0 Å². The summed E-state index contributed by atoms with van der Waals surface area (Å²) in [4.78, 5) is 12.7. The van der Waals surface area contributed by atoms with Gasteiger partial charge in [0, 0.05) is 22.5 Å². The van der Waals surface area contributed by atoms with Crippen LogP contribution in [0.25, 0.3) is 21.9 Å². The van der Waals surface area contributed by atoms with Crippen molar-refractivity contribution in [3.63, 3.8) is 0 Å². The zero-order valence-corrected chi connectivity index (χ0v) is 16.3. The summed E-state index contributed by atoms with van der Waals surface area (Å²) in [5.41, 5.74) is 4.62. The highest BCUT2D eigenvalue weighted by Gasteiger charge is 2.19. The second kappa shape index (κ2) is 7.39. The number of hydrogen-bond acceptors (Lipinski definition) is 3. The number of nitrogens with one attached hydrogen (secondary N) is 1. The van der Waals surface area contributed by atoms with E-state index in [4.69, 9.17) is 9.15 Å². The second-order valence-corrected chi connectivity index (χ2v) is 7.06. The van der Waals surface area contributed by atoms with Gasteiger partial charge in [0.2, 0.25) is 0 Å². The molecule has 4 heteroatoms. The van der Waals surface area contributed by atoms with Crippen LogP contribution in [0, 0.1) is 13.8 Å². The molecule has 1 amide bonds. The molecule has 28 heavy (non-hydrogen) atoms. The van der Waals surface area contributed by atoms with E-state index in [1.165, 1.54) is 5.56 Å². The molecule has 0 saturated heterocycles. The third-order valence-corrected chi connectivity index (χ3v) is 5.07. The van der Waals surface area contributed by atoms with Crippen molar-refractivity contribution in [2.45, 2.75) is 33.3 Å². The van der Waals surface area contributed by atoms with Crippen molar-refractivity contribution < 1.29 is 13.9 Å². The number of para-hydroxylation sites is 1. The summed E-state index contributed by atoms with van der Waals surface area (Å²) in [6, 6.07) is 19.5. The number of fused-ring (bicyclic) bond motifs is 3. The van der Waals surface area contributed by atoms with Crippen LogP contribution < -0.4 is 10.1 Å². The number of hydrogen-bond donors (Lipinski definition) is 1. The number of ether oxygens (including phenoxy) is 1. The summed E-state index contributed by atoms with van der Waals surface area (Å²) in [5, 5.41) is 5.06. The van der Waals surface area contributed by atoms with E-state index in [2.05, 4.69) is 12.2 Å². The third-order valence-electron chi connectivity index (χ3n) is 5.07. The van der Waals surface area contributed by atoms with E-state index in [0.29, 0.717) is 17.9 Å². The Labute approximate surface area is 164 Å². The van der Waals surface area contributed by atoms with E-state index in [1.54, 1.807) is 0 Å². The summed E-state index contributed by atoms with van der Waals surface area (Å²) < 4.78 is 11.8. The maximum Gasteiger partial charge on any atom is 0.265 e. The van der Waals surface area contributed by atoms with Gasteiger partial charge in [-0.2, -0.15) is 0 Å². The van der Waals surface area contributed by atoms with Gasteiger partial charge in [0.1, 0.15) is 16.9 Å². The maximum absolute atomic E-state index is 12.7. The standard InChI is InChI=1S/C24H23NO3/c1-4-21(27-18-11-9-15(2)16(3)13-18)24(26)25-17-10-12-20-19-7-5-6-8-22(19)28-23(20)14-17/h5-14,21H,4H2,1-3H3,(H,25,26). The molecule has 0 aliphatic rings. The number of benzene rings is 3. The number of carbonyl (C=O) groups excluding carboxylic acids is 1. The molecule has 3 aromatic carbocycles. The number of furan rings is 1. The highest BCUT2D eigenvalue weighted by atomic mass is 16.5. The quantitative estimate of drug-likeness (QED) is 0.467. The van der Waals surface area contributed by atoms with Gasteiger partial charge in [0.25, 0.3) is 5.91 Å². The van der Waals surface area contributed by atoms with E-state index < -0.39 is 6.10 Å². The molecular formula is C24H23NO3. The Morgan fingerprint density at radius 1 is 0.964 bits per heavy atom. The van der Waals surface area contributed by atoms with Crippen LogP contribution in [0.4, 0.5) is 5.69 Å². The molecule has 1 N–H and O–H groups in total. The highest BCUT2D eigenvalue weighted by molar-refractivity contribution is 6.06. The number of anilines is 1. The molecule has 1 heterocycles.